The van der Waals surface area contributed by atoms with Crippen molar-refractivity contribution in [2.24, 2.45) is 0 Å². The SMILES string of the molecule is O=C(c1cccc(Cl)c1F)N1CCCCC1c1nnc2n1CCCC2. The van der Waals surface area contributed by atoms with E-state index in [1.807, 2.05) is 0 Å². The van der Waals surface area contributed by atoms with Gasteiger partial charge in [-0.1, -0.05) is 17.7 Å². The van der Waals surface area contributed by atoms with Gasteiger partial charge in [0.25, 0.3) is 5.91 Å². The normalized spacial score (nSPS) is 20.4. The Labute approximate surface area is 150 Å². The van der Waals surface area contributed by atoms with Gasteiger partial charge < -0.3 is 9.47 Å². The van der Waals surface area contributed by atoms with Crippen molar-refractivity contribution in [3.63, 3.8) is 0 Å². The van der Waals surface area contributed by atoms with E-state index in [1.165, 1.54) is 12.1 Å². The summed E-state index contributed by atoms with van der Waals surface area (Å²) in [5.74, 6) is 0.859. The van der Waals surface area contributed by atoms with Crippen molar-refractivity contribution < 1.29 is 9.18 Å². The number of nitrogens with zero attached hydrogens (tertiary/aromatic N) is 4. The molecule has 1 aromatic heterocycles. The molecule has 1 aromatic carbocycles. The van der Waals surface area contributed by atoms with Crippen LogP contribution < -0.4 is 0 Å². The third-order valence-corrected chi connectivity index (χ3v) is 5.42. The highest BCUT2D eigenvalue weighted by atomic mass is 35.5. The minimum absolute atomic E-state index is 0.0257. The minimum Gasteiger partial charge on any atom is -0.328 e. The van der Waals surface area contributed by atoms with Gasteiger partial charge in [0.1, 0.15) is 5.82 Å². The van der Waals surface area contributed by atoms with Crippen LogP contribution >= 0.6 is 11.6 Å². The molecule has 5 nitrogen and oxygen atoms in total. The summed E-state index contributed by atoms with van der Waals surface area (Å²) >= 11 is 5.86. The van der Waals surface area contributed by atoms with Crippen molar-refractivity contribution in [3.05, 3.63) is 46.3 Å². The van der Waals surface area contributed by atoms with E-state index < -0.39 is 5.82 Å². The molecule has 3 heterocycles. The second kappa shape index (κ2) is 6.75. The van der Waals surface area contributed by atoms with Crippen LogP contribution in [0.15, 0.2) is 18.2 Å². The van der Waals surface area contributed by atoms with E-state index in [9.17, 15) is 9.18 Å². The Morgan fingerprint density at radius 2 is 2.00 bits per heavy atom. The van der Waals surface area contributed by atoms with Crippen LogP contribution in [0.25, 0.3) is 0 Å². The first-order valence-corrected chi connectivity index (χ1v) is 9.21. The number of rotatable bonds is 2. The summed E-state index contributed by atoms with van der Waals surface area (Å²) in [4.78, 5) is 14.8. The van der Waals surface area contributed by atoms with E-state index in [-0.39, 0.29) is 22.5 Å². The fourth-order valence-electron chi connectivity index (χ4n) is 3.84. The van der Waals surface area contributed by atoms with Crippen LogP contribution in [0.3, 0.4) is 0 Å². The van der Waals surface area contributed by atoms with Crippen LogP contribution in [-0.4, -0.2) is 32.1 Å². The van der Waals surface area contributed by atoms with Crippen LogP contribution in [0.4, 0.5) is 4.39 Å². The zero-order chi connectivity index (χ0) is 17.4. The lowest BCUT2D eigenvalue weighted by molar-refractivity contribution is 0.0588. The Balaban J connectivity index is 1.69. The molecule has 2 aliphatic rings. The molecule has 0 saturated carbocycles. The molecule has 1 fully saturated rings. The topological polar surface area (TPSA) is 51.0 Å². The Kier molecular flexibility index (Phi) is 4.46. The molecule has 0 spiro atoms. The Bertz CT molecular complexity index is 806. The highest BCUT2D eigenvalue weighted by molar-refractivity contribution is 6.31. The second-order valence-electron chi connectivity index (χ2n) is 6.69. The minimum atomic E-state index is -0.651. The molecule has 1 unspecified atom stereocenters. The van der Waals surface area contributed by atoms with E-state index in [4.69, 9.17) is 11.6 Å². The number of hydrogen-bond acceptors (Lipinski definition) is 3. The van der Waals surface area contributed by atoms with Crippen LogP contribution in [0.5, 0.6) is 0 Å². The molecular weight excluding hydrogens is 343 g/mol. The van der Waals surface area contributed by atoms with Crippen LogP contribution in [0, 0.1) is 5.82 Å². The summed E-state index contributed by atoms with van der Waals surface area (Å²) < 4.78 is 16.5. The molecule has 7 heteroatoms. The molecule has 4 rings (SSSR count). The fraction of sp³-hybridized carbons (Fsp3) is 0.500. The molecule has 2 aromatic rings. The summed E-state index contributed by atoms with van der Waals surface area (Å²) in [6.07, 6.45) is 5.91. The quantitative estimate of drug-likeness (QED) is 0.817. The van der Waals surface area contributed by atoms with Gasteiger partial charge in [0, 0.05) is 19.5 Å². The van der Waals surface area contributed by atoms with Crippen LogP contribution in [0.2, 0.25) is 5.02 Å². The average molecular weight is 363 g/mol. The van der Waals surface area contributed by atoms with Crippen molar-refractivity contribution in [1.29, 1.82) is 0 Å². The Morgan fingerprint density at radius 3 is 2.88 bits per heavy atom. The molecular formula is C18H20ClFN4O. The summed E-state index contributed by atoms with van der Waals surface area (Å²) in [5.41, 5.74) is 0.0257. The van der Waals surface area contributed by atoms with Gasteiger partial charge in [-0.15, -0.1) is 10.2 Å². The molecule has 132 valence electrons. The smallest absolute Gasteiger partial charge is 0.257 e. The number of aryl methyl sites for hydroxylation is 1. The Hall–Kier alpha value is -1.95. The molecule has 0 bridgehead atoms. The highest BCUT2D eigenvalue weighted by Crippen LogP contribution is 2.33. The van der Waals surface area contributed by atoms with Crippen LogP contribution in [-0.2, 0) is 13.0 Å². The number of piperidine rings is 1. The van der Waals surface area contributed by atoms with Crippen molar-refractivity contribution >= 4 is 17.5 Å². The molecule has 0 N–H and O–H groups in total. The summed E-state index contributed by atoms with van der Waals surface area (Å²) in [6.45, 7) is 1.49. The van der Waals surface area contributed by atoms with Gasteiger partial charge in [0.15, 0.2) is 11.6 Å². The predicted molar refractivity (Wildman–Crippen MR) is 92.0 cm³/mol. The van der Waals surface area contributed by atoms with Gasteiger partial charge in [-0.25, -0.2) is 4.39 Å². The maximum atomic E-state index is 14.3. The molecule has 0 radical (unpaired) electrons. The lowest BCUT2D eigenvalue weighted by atomic mass is 9.99. The lowest BCUT2D eigenvalue weighted by Crippen LogP contribution is -2.40. The van der Waals surface area contributed by atoms with Gasteiger partial charge in [-0.05, 0) is 44.2 Å². The summed E-state index contributed by atoms with van der Waals surface area (Å²) in [6, 6.07) is 4.40. The zero-order valence-corrected chi connectivity index (χ0v) is 14.7. The lowest BCUT2D eigenvalue weighted by Gasteiger charge is -2.35. The van der Waals surface area contributed by atoms with Gasteiger partial charge >= 0.3 is 0 Å². The number of carbonyl (C=O) groups excluding carboxylic acids is 1. The number of halogens is 2. The second-order valence-corrected chi connectivity index (χ2v) is 7.10. The number of benzene rings is 1. The first-order chi connectivity index (χ1) is 12.2. The molecule has 1 atom stereocenters. The number of aromatic nitrogens is 3. The number of hydrogen-bond donors (Lipinski definition) is 0. The first kappa shape index (κ1) is 16.5. The Morgan fingerprint density at radius 1 is 1.16 bits per heavy atom. The van der Waals surface area contributed by atoms with E-state index in [0.717, 1.165) is 56.7 Å². The first-order valence-electron chi connectivity index (χ1n) is 8.84. The van der Waals surface area contributed by atoms with E-state index >= 15 is 0 Å². The molecule has 1 amide bonds. The summed E-state index contributed by atoms with van der Waals surface area (Å²) in [5, 5.41) is 8.67. The van der Waals surface area contributed by atoms with Crippen molar-refractivity contribution in [1.82, 2.24) is 19.7 Å². The fourth-order valence-corrected chi connectivity index (χ4v) is 4.02. The van der Waals surface area contributed by atoms with Gasteiger partial charge in [0.2, 0.25) is 0 Å². The monoisotopic (exact) mass is 362 g/mol. The number of likely N-dealkylation sites (tertiary alicyclic amines) is 1. The van der Waals surface area contributed by atoms with Crippen LogP contribution in [0.1, 0.15) is 60.2 Å². The van der Waals surface area contributed by atoms with E-state index in [2.05, 4.69) is 14.8 Å². The average Bonchev–Trinajstić information content (AvgIpc) is 3.07. The third kappa shape index (κ3) is 2.92. The standard InChI is InChI=1S/C18H20ClFN4O/c19-13-7-5-6-12(16(13)20)18(25)23-10-3-1-8-14(23)17-22-21-15-9-2-4-11-24(15)17/h5-7,14H,1-4,8-11H2. The number of carbonyl (C=O) groups is 1. The maximum Gasteiger partial charge on any atom is 0.257 e. The predicted octanol–water partition coefficient (Wildman–Crippen LogP) is 3.77. The van der Waals surface area contributed by atoms with Crippen molar-refractivity contribution in [2.45, 2.75) is 51.1 Å². The molecule has 0 aliphatic carbocycles. The molecule has 25 heavy (non-hydrogen) atoms. The molecule has 1 saturated heterocycles. The third-order valence-electron chi connectivity index (χ3n) is 5.13. The van der Waals surface area contributed by atoms with Gasteiger partial charge in [-0.2, -0.15) is 0 Å². The number of amides is 1. The van der Waals surface area contributed by atoms with E-state index in [0.29, 0.717) is 6.54 Å². The van der Waals surface area contributed by atoms with Crippen molar-refractivity contribution in [2.75, 3.05) is 6.54 Å². The van der Waals surface area contributed by atoms with Crippen molar-refractivity contribution in [3.8, 4) is 0 Å². The zero-order valence-electron chi connectivity index (χ0n) is 13.9. The highest BCUT2D eigenvalue weighted by Gasteiger charge is 2.34. The number of fused-ring (bicyclic) bond motifs is 1. The van der Waals surface area contributed by atoms with Gasteiger partial charge in [-0.3, -0.25) is 4.79 Å². The van der Waals surface area contributed by atoms with Gasteiger partial charge in [0.05, 0.1) is 16.6 Å². The maximum absolute atomic E-state index is 14.3. The van der Waals surface area contributed by atoms with E-state index in [1.54, 1.807) is 11.0 Å². The largest absolute Gasteiger partial charge is 0.328 e. The summed E-state index contributed by atoms with van der Waals surface area (Å²) in [7, 11) is 0. The molecule has 2 aliphatic heterocycles.